The van der Waals surface area contributed by atoms with Gasteiger partial charge in [0, 0.05) is 0 Å². The summed E-state index contributed by atoms with van der Waals surface area (Å²) in [4.78, 5) is 46.1. The molecular formula is C19H15FN2O4. The van der Waals surface area contributed by atoms with E-state index in [1.54, 1.807) is 55.5 Å². The highest BCUT2D eigenvalue weighted by molar-refractivity contribution is 6.52. The lowest BCUT2D eigenvalue weighted by Gasteiger charge is -2.21. The topological polar surface area (TPSA) is 83.6 Å². The maximum atomic E-state index is 12.5. The second-order valence-electron chi connectivity index (χ2n) is 5.85. The number of para-hydroxylation sites is 2. The van der Waals surface area contributed by atoms with Crippen LogP contribution in [0, 0.1) is 0 Å². The summed E-state index contributed by atoms with van der Waals surface area (Å²) in [6.07, 6.45) is 0. The molecule has 2 amide bonds. The van der Waals surface area contributed by atoms with Crippen molar-refractivity contribution in [2.75, 3.05) is 16.9 Å². The van der Waals surface area contributed by atoms with Crippen molar-refractivity contribution in [2.24, 2.45) is 0 Å². The molecule has 2 aromatic rings. The summed E-state index contributed by atoms with van der Waals surface area (Å²) < 4.78 is 12.5. The number of hydrogen-bond acceptors (Lipinski definition) is 4. The van der Waals surface area contributed by atoms with Gasteiger partial charge < -0.3 is 5.32 Å². The third-order valence-corrected chi connectivity index (χ3v) is 4.11. The van der Waals surface area contributed by atoms with E-state index >= 15 is 0 Å². The molecule has 1 N–H and O–H groups in total. The smallest absolute Gasteiger partial charge is 0.299 e. The van der Waals surface area contributed by atoms with Gasteiger partial charge >= 0.3 is 0 Å². The quantitative estimate of drug-likeness (QED) is 0.840. The highest BCUT2D eigenvalue weighted by Gasteiger charge is 2.37. The van der Waals surface area contributed by atoms with Gasteiger partial charge in [-0.15, -0.1) is 0 Å². The SMILES string of the molecule is CC(CF)N1C(=O)C(=O)c2ccccc21.O=C1Nc2ccccc2C1=O. The van der Waals surface area contributed by atoms with Gasteiger partial charge in [0.2, 0.25) is 0 Å². The number of halogens is 1. The molecule has 4 rings (SSSR count). The third-order valence-electron chi connectivity index (χ3n) is 4.11. The van der Waals surface area contributed by atoms with Crippen molar-refractivity contribution in [1.82, 2.24) is 0 Å². The number of ketones is 2. The number of alkyl halides is 1. The van der Waals surface area contributed by atoms with Gasteiger partial charge in [-0.05, 0) is 31.2 Å². The zero-order valence-electron chi connectivity index (χ0n) is 13.9. The minimum Gasteiger partial charge on any atom is -0.318 e. The van der Waals surface area contributed by atoms with Crippen LogP contribution in [0.3, 0.4) is 0 Å². The predicted octanol–water partition coefficient (Wildman–Crippen LogP) is 2.40. The molecule has 2 heterocycles. The summed E-state index contributed by atoms with van der Waals surface area (Å²) >= 11 is 0. The molecule has 6 nitrogen and oxygen atoms in total. The average Bonchev–Trinajstić information content (AvgIpc) is 3.09. The van der Waals surface area contributed by atoms with Crippen LogP contribution in [0.15, 0.2) is 48.5 Å². The molecule has 1 atom stereocenters. The monoisotopic (exact) mass is 354 g/mol. The van der Waals surface area contributed by atoms with Crippen molar-refractivity contribution in [3.8, 4) is 0 Å². The molecular weight excluding hydrogens is 339 g/mol. The Morgan fingerprint density at radius 2 is 1.54 bits per heavy atom. The fourth-order valence-corrected chi connectivity index (χ4v) is 2.81. The van der Waals surface area contributed by atoms with Gasteiger partial charge in [0.05, 0.1) is 28.5 Å². The zero-order valence-corrected chi connectivity index (χ0v) is 13.9. The molecule has 0 spiro atoms. The number of benzene rings is 2. The van der Waals surface area contributed by atoms with Crippen molar-refractivity contribution in [3.05, 3.63) is 59.7 Å². The first kappa shape index (κ1) is 17.5. The summed E-state index contributed by atoms with van der Waals surface area (Å²) in [6, 6.07) is 12.9. The number of Topliss-reactive ketones (excluding diaryl/α,β-unsaturated/α-hetero) is 2. The van der Waals surface area contributed by atoms with Crippen LogP contribution >= 0.6 is 0 Å². The predicted molar refractivity (Wildman–Crippen MR) is 93.1 cm³/mol. The van der Waals surface area contributed by atoms with Crippen LogP contribution in [0.25, 0.3) is 0 Å². The van der Waals surface area contributed by atoms with E-state index in [0.717, 1.165) is 0 Å². The minimum absolute atomic E-state index is 0.364. The second-order valence-corrected chi connectivity index (χ2v) is 5.85. The molecule has 0 radical (unpaired) electrons. The number of fused-ring (bicyclic) bond motifs is 2. The summed E-state index contributed by atoms with van der Waals surface area (Å²) in [5, 5.41) is 2.46. The molecule has 7 heteroatoms. The molecule has 132 valence electrons. The fraction of sp³-hybridized carbons (Fsp3) is 0.158. The highest BCUT2D eigenvalue weighted by atomic mass is 19.1. The summed E-state index contributed by atoms with van der Waals surface area (Å²) in [7, 11) is 0. The second kappa shape index (κ2) is 6.87. The van der Waals surface area contributed by atoms with E-state index in [4.69, 9.17) is 0 Å². The maximum absolute atomic E-state index is 12.5. The molecule has 1 unspecified atom stereocenters. The number of nitrogens with one attached hydrogen (secondary N) is 1. The van der Waals surface area contributed by atoms with Gasteiger partial charge in [-0.25, -0.2) is 4.39 Å². The van der Waals surface area contributed by atoms with Crippen molar-refractivity contribution >= 4 is 34.8 Å². The van der Waals surface area contributed by atoms with Crippen molar-refractivity contribution in [3.63, 3.8) is 0 Å². The van der Waals surface area contributed by atoms with E-state index in [9.17, 15) is 23.6 Å². The molecule has 0 saturated heterocycles. The van der Waals surface area contributed by atoms with Crippen molar-refractivity contribution in [1.29, 1.82) is 0 Å². The Balaban J connectivity index is 0.000000158. The lowest BCUT2D eigenvalue weighted by molar-refractivity contribution is -0.114. The lowest BCUT2D eigenvalue weighted by atomic mass is 10.1. The van der Waals surface area contributed by atoms with Crippen LogP contribution in [0.1, 0.15) is 27.6 Å². The van der Waals surface area contributed by atoms with Gasteiger partial charge in [-0.1, -0.05) is 24.3 Å². The number of carbonyl (C=O) groups excluding carboxylic acids is 4. The Morgan fingerprint density at radius 1 is 0.923 bits per heavy atom. The Labute approximate surface area is 148 Å². The molecule has 0 saturated carbocycles. The Morgan fingerprint density at radius 3 is 2.19 bits per heavy atom. The lowest BCUT2D eigenvalue weighted by Crippen LogP contribution is -2.38. The normalized spacial score (nSPS) is 15.8. The van der Waals surface area contributed by atoms with Gasteiger partial charge in [0.1, 0.15) is 6.67 Å². The molecule has 0 fully saturated rings. The fourth-order valence-electron chi connectivity index (χ4n) is 2.81. The van der Waals surface area contributed by atoms with Gasteiger partial charge in [0.15, 0.2) is 0 Å². The highest BCUT2D eigenvalue weighted by Crippen LogP contribution is 2.30. The Hall–Kier alpha value is -3.35. The van der Waals surface area contributed by atoms with E-state index in [1.807, 2.05) is 0 Å². The first-order valence-corrected chi connectivity index (χ1v) is 7.93. The van der Waals surface area contributed by atoms with E-state index < -0.39 is 36.1 Å². The number of amides is 2. The standard InChI is InChI=1S/C11H10FNO2.C8H5NO2/c1-7(6-12)13-9-5-3-2-4-8(9)10(14)11(13)15;10-7-5-3-1-2-4-6(5)9-8(7)11/h2-5,7H,6H2,1H3;1-4H,(H,9,10,11). The van der Waals surface area contributed by atoms with E-state index in [2.05, 4.69) is 5.32 Å². The molecule has 0 aromatic heterocycles. The van der Waals surface area contributed by atoms with Crippen molar-refractivity contribution < 1.29 is 23.6 Å². The first-order chi connectivity index (χ1) is 12.5. The van der Waals surface area contributed by atoms with Crippen LogP contribution in [0.2, 0.25) is 0 Å². The Bertz CT molecular complexity index is 925. The van der Waals surface area contributed by atoms with Crippen LogP contribution < -0.4 is 10.2 Å². The van der Waals surface area contributed by atoms with Gasteiger partial charge in [-0.3, -0.25) is 24.1 Å². The third kappa shape index (κ3) is 2.88. The van der Waals surface area contributed by atoms with Crippen LogP contribution in [-0.4, -0.2) is 36.1 Å². The molecule has 2 aliphatic heterocycles. The molecule has 2 aliphatic rings. The summed E-state index contributed by atoms with van der Waals surface area (Å²) in [6.45, 7) is 0.917. The molecule has 0 bridgehead atoms. The Kier molecular flexibility index (Phi) is 4.62. The van der Waals surface area contributed by atoms with Crippen LogP contribution in [0.4, 0.5) is 15.8 Å². The van der Waals surface area contributed by atoms with E-state index in [-0.39, 0.29) is 0 Å². The summed E-state index contributed by atoms with van der Waals surface area (Å²) in [5.74, 6) is -2.17. The van der Waals surface area contributed by atoms with Crippen LogP contribution in [0.5, 0.6) is 0 Å². The van der Waals surface area contributed by atoms with Gasteiger partial charge in [-0.2, -0.15) is 0 Å². The van der Waals surface area contributed by atoms with E-state index in [0.29, 0.717) is 22.5 Å². The summed E-state index contributed by atoms with van der Waals surface area (Å²) in [5.41, 5.74) is 1.96. The number of rotatable bonds is 2. The van der Waals surface area contributed by atoms with Gasteiger partial charge in [0.25, 0.3) is 23.4 Å². The van der Waals surface area contributed by atoms with E-state index in [1.165, 1.54) is 4.90 Å². The van der Waals surface area contributed by atoms with Crippen LogP contribution in [-0.2, 0) is 9.59 Å². The minimum atomic E-state index is -0.659. The largest absolute Gasteiger partial charge is 0.318 e. The number of nitrogens with zero attached hydrogens (tertiary/aromatic N) is 1. The zero-order chi connectivity index (χ0) is 18.8. The molecule has 0 aliphatic carbocycles. The number of anilines is 2. The maximum Gasteiger partial charge on any atom is 0.299 e. The molecule has 2 aromatic carbocycles. The number of hydrogen-bond donors (Lipinski definition) is 1. The number of carbonyl (C=O) groups is 4. The average molecular weight is 354 g/mol. The molecule has 26 heavy (non-hydrogen) atoms. The van der Waals surface area contributed by atoms with Crippen molar-refractivity contribution in [2.45, 2.75) is 13.0 Å². The first-order valence-electron chi connectivity index (χ1n) is 7.93.